The van der Waals surface area contributed by atoms with Crippen molar-refractivity contribution < 1.29 is 4.79 Å². The normalized spacial score (nSPS) is 14.2. The molecule has 10 heavy (non-hydrogen) atoms. The average Bonchev–Trinajstić information content (AvgIpc) is 1.94. The van der Waals surface area contributed by atoms with Crippen molar-refractivity contribution >= 4 is 30.7 Å². The molecule has 1 amide bonds. The lowest BCUT2D eigenvalue weighted by Gasteiger charge is -1.88. The van der Waals surface area contributed by atoms with Crippen LogP contribution >= 0.6 is 24.8 Å². The van der Waals surface area contributed by atoms with E-state index in [1.54, 1.807) is 12.3 Å². The molecule has 1 heterocycles. The first-order valence-electron chi connectivity index (χ1n) is 2.50. The van der Waals surface area contributed by atoms with Crippen LogP contribution in [0.2, 0.25) is 0 Å². The average molecular weight is 182 g/mol. The number of nitrogens with one attached hydrogen (secondary N) is 1. The lowest BCUT2D eigenvalue weighted by atomic mass is 10.4. The fourth-order valence-corrected chi connectivity index (χ4v) is 0.509. The third-order valence-electron chi connectivity index (χ3n) is 0.891. The molecule has 0 aromatic rings. The number of hydrogen-bond acceptors (Lipinski definition) is 1. The number of carbonyl (C=O) groups excluding carboxylic acids is 1. The second-order valence-electron chi connectivity index (χ2n) is 1.56. The Kier molecular flexibility index (Phi) is 8.13. The van der Waals surface area contributed by atoms with Gasteiger partial charge in [0.05, 0.1) is 0 Å². The minimum absolute atomic E-state index is 0. The maximum absolute atomic E-state index is 10.5. The molecular formula is C6H9Cl2NO. The van der Waals surface area contributed by atoms with Crippen LogP contribution in [0.1, 0.15) is 6.42 Å². The summed E-state index contributed by atoms with van der Waals surface area (Å²) in [5.74, 6) is 0.0509. The van der Waals surface area contributed by atoms with Gasteiger partial charge in [-0.1, -0.05) is 12.2 Å². The fraction of sp³-hybridized carbons (Fsp3) is 0.167. The Hall–Kier alpha value is -0.470. The van der Waals surface area contributed by atoms with Crippen LogP contribution in [0.4, 0.5) is 0 Å². The Morgan fingerprint density at radius 1 is 1.30 bits per heavy atom. The summed E-state index contributed by atoms with van der Waals surface area (Å²) in [5.41, 5.74) is 0. The SMILES string of the molecule is Cl.Cl.O=C1CC=CC=CN1. The predicted octanol–water partition coefficient (Wildman–Crippen LogP) is 1.42. The molecule has 0 saturated carbocycles. The van der Waals surface area contributed by atoms with Gasteiger partial charge in [0.1, 0.15) is 0 Å². The molecule has 2 nitrogen and oxygen atoms in total. The van der Waals surface area contributed by atoms with Crippen LogP contribution in [-0.4, -0.2) is 5.91 Å². The van der Waals surface area contributed by atoms with Gasteiger partial charge in [0.15, 0.2) is 0 Å². The van der Waals surface area contributed by atoms with Gasteiger partial charge in [-0.25, -0.2) is 0 Å². The highest BCUT2D eigenvalue weighted by Gasteiger charge is 1.93. The minimum atomic E-state index is 0. The summed E-state index contributed by atoms with van der Waals surface area (Å²) in [6.07, 6.45) is 7.58. The Balaban J connectivity index is 0. The van der Waals surface area contributed by atoms with Gasteiger partial charge in [0, 0.05) is 12.6 Å². The topological polar surface area (TPSA) is 29.1 Å². The van der Waals surface area contributed by atoms with Crippen LogP contribution in [0.5, 0.6) is 0 Å². The van der Waals surface area contributed by atoms with Crippen molar-refractivity contribution in [3.63, 3.8) is 0 Å². The summed E-state index contributed by atoms with van der Waals surface area (Å²) in [6, 6.07) is 0. The Morgan fingerprint density at radius 3 is 2.70 bits per heavy atom. The molecule has 1 aliphatic rings. The largest absolute Gasteiger partial charge is 0.332 e. The lowest BCUT2D eigenvalue weighted by molar-refractivity contribution is -0.119. The summed E-state index contributed by atoms with van der Waals surface area (Å²) < 4.78 is 0. The van der Waals surface area contributed by atoms with Gasteiger partial charge >= 0.3 is 0 Å². The van der Waals surface area contributed by atoms with Crippen molar-refractivity contribution in [1.29, 1.82) is 0 Å². The second kappa shape index (κ2) is 6.65. The predicted molar refractivity (Wildman–Crippen MR) is 45.5 cm³/mol. The second-order valence-corrected chi connectivity index (χ2v) is 1.56. The highest BCUT2D eigenvalue weighted by molar-refractivity contribution is 5.85. The Morgan fingerprint density at radius 2 is 2.00 bits per heavy atom. The van der Waals surface area contributed by atoms with Gasteiger partial charge < -0.3 is 5.32 Å². The number of carbonyl (C=O) groups is 1. The maximum atomic E-state index is 10.5. The van der Waals surface area contributed by atoms with E-state index in [4.69, 9.17) is 0 Å². The van der Waals surface area contributed by atoms with Gasteiger partial charge in [-0.2, -0.15) is 0 Å². The van der Waals surface area contributed by atoms with E-state index < -0.39 is 0 Å². The smallest absolute Gasteiger partial charge is 0.227 e. The van der Waals surface area contributed by atoms with E-state index in [1.165, 1.54) is 0 Å². The van der Waals surface area contributed by atoms with E-state index >= 15 is 0 Å². The van der Waals surface area contributed by atoms with Crippen LogP contribution < -0.4 is 5.32 Å². The molecule has 0 fully saturated rings. The van der Waals surface area contributed by atoms with Crippen LogP contribution in [-0.2, 0) is 4.79 Å². The molecule has 0 spiro atoms. The van der Waals surface area contributed by atoms with E-state index in [1.807, 2.05) is 12.2 Å². The molecule has 0 saturated heterocycles. The molecule has 58 valence electrons. The number of rotatable bonds is 0. The van der Waals surface area contributed by atoms with Crippen LogP contribution in [0.15, 0.2) is 24.4 Å². The van der Waals surface area contributed by atoms with Crippen LogP contribution in [0, 0.1) is 0 Å². The first-order chi connectivity index (χ1) is 3.89. The molecule has 0 aromatic carbocycles. The van der Waals surface area contributed by atoms with E-state index in [-0.39, 0.29) is 30.7 Å². The molecular weight excluding hydrogens is 173 g/mol. The molecule has 0 aliphatic carbocycles. The molecule has 0 bridgehead atoms. The zero-order valence-electron chi connectivity index (χ0n) is 5.24. The summed E-state index contributed by atoms with van der Waals surface area (Å²) in [6.45, 7) is 0. The molecule has 1 aliphatic heterocycles. The number of hydrogen-bond donors (Lipinski definition) is 1. The zero-order valence-corrected chi connectivity index (χ0v) is 6.87. The first-order valence-corrected chi connectivity index (χ1v) is 2.50. The summed E-state index contributed by atoms with van der Waals surface area (Å²) >= 11 is 0. The number of amides is 1. The van der Waals surface area contributed by atoms with Crippen molar-refractivity contribution in [2.75, 3.05) is 0 Å². The Bertz CT molecular complexity index is 138. The van der Waals surface area contributed by atoms with Crippen molar-refractivity contribution in [3.05, 3.63) is 24.4 Å². The molecule has 4 heteroatoms. The summed E-state index contributed by atoms with van der Waals surface area (Å²) in [4.78, 5) is 10.5. The molecule has 1 N–H and O–H groups in total. The van der Waals surface area contributed by atoms with Crippen molar-refractivity contribution in [2.24, 2.45) is 0 Å². The molecule has 0 aromatic heterocycles. The quantitative estimate of drug-likeness (QED) is 0.603. The first kappa shape index (κ1) is 12.2. The molecule has 0 unspecified atom stereocenters. The summed E-state index contributed by atoms with van der Waals surface area (Å²) in [5, 5.41) is 2.56. The van der Waals surface area contributed by atoms with Gasteiger partial charge in [0.2, 0.25) is 5.91 Å². The lowest BCUT2D eigenvalue weighted by Crippen LogP contribution is -2.13. The van der Waals surface area contributed by atoms with E-state index in [0.717, 1.165) is 0 Å². The highest BCUT2D eigenvalue weighted by atomic mass is 35.5. The van der Waals surface area contributed by atoms with Crippen molar-refractivity contribution in [1.82, 2.24) is 5.32 Å². The van der Waals surface area contributed by atoms with Gasteiger partial charge in [-0.3, -0.25) is 4.79 Å². The summed E-state index contributed by atoms with van der Waals surface area (Å²) in [7, 11) is 0. The highest BCUT2D eigenvalue weighted by Crippen LogP contribution is 1.88. The van der Waals surface area contributed by atoms with Crippen molar-refractivity contribution in [3.8, 4) is 0 Å². The van der Waals surface area contributed by atoms with Crippen LogP contribution in [0.25, 0.3) is 0 Å². The molecule has 1 rings (SSSR count). The van der Waals surface area contributed by atoms with E-state index in [2.05, 4.69) is 5.32 Å². The van der Waals surface area contributed by atoms with Gasteiger partial charge in [0.25, 0.3) is 0 Å². The fourth-order valence-electron chi connectivity index (χ4n) is 0.509. The van der Waals surface area contributed by atoms with E-state index in [9.17, 15) is 4.79 Å². The van der Waals surface area contributed by atoms with Gasteiger partial charge in [-0.15, -0.1) is 24.8 Å². The molecule has 0 atom stereocenters. The van der Waals surface area contributed by atoms with E-state index in [0.29, 0.717) is 6.42 Å². The third kappa shape index (κ3) is 4.41. The van der Waals surface area contributed by atoms with Gasteiger partial charge in [-0.05, 0) is 6.08 Å². The zero-order chi connectivity index (χ0) is 5.82. The standard InChI is InChI=1S/C6H7NO.2ClH/c8-6-4-2-1-3-5-7-6;;/h1-3,5H,4H2,(H,7,8);2*1H. The van der Waals surface area contributed by atoms with Crippen LogP contribution in [0.3, 0.4) is 0 Å². The minimum Gasteiger partial charge on any atom is -0.332 e. The third-order valence-corrected chi connectivity index (χ3v) is 0.891. The Labute approximate surface area is 72.2 Å². The molecule has 0 radical (unpaired) electrons. The number of halogens is 2. The monoisotopic (exact) mass is 181 g/mol. The number of allylic oxidation sites excluding steroid dienone is 2. The maximum Gasteiger partial charge on any atom is 0.227 e. The van der Waals surface area contributed by atoms with Crippen molar-refractivity contribution in [2.45, 2.75) is 6.42 Å².